The maximum atomic E-state index is 13.8. The van der Waals surface area contributed by atoms with E-state index < -0.39 is 0 Å². The molecule has 0 radical (unpaired) electrons. The molecule has 0 atom stereocenters. The third kappa shape index (κ3) is 1.68. The predicted octanol–water partition coefficient (Wildman–Crippen LogP) is 2.86. The van der Waals surface area contributed by atoms with Crippen LogP contribution < -0.4 is 10.5 Å². The molecule has 0 unspecified atom stereocenters. The molecule has 0 aliphatic heterocycles. The van der Waals surface area contributed by atoms with Crippen LogP contribution in [0.15, 0.2) is 12.1 Å². The highest BCUT2D eigenvalue weighted by molar-refractivity contribution is 7.19. The van der Waals surface area contributed by atoms with Crippen molar-refractivity contribution in [1.29, 1.82) is 0 Å². The molecule has 0 aliphatic rings. The summed E-state index contributed by atoms with van der Waals surface area (Å²) in [6.45, 7) is 2.53. The number of hydrogen-bond donors (Lipinski definition) is 1. The number of methoxy groups -OCH3 is 1. The third-order valence-electron chi connectivity index (χ3n) is 2.67. The maximum Gasteiger partial charge on any atom is 0.136 e. The van der Waals surface area contributed by atoms with Crippen LogP contribution in [0.4, 0.5) is 4.39 Å². The Kier molecular flexibility index (Phi) is 3.12. The van der Waals surface area contributed by atoms with E-state index in [1.165, 1.54) is 6.07 Å². The highest BCUT2D eigenvalue weighted by Crippen LogP contribution is 2.38. The van der Waals surface area contributed by atoms with E-state index in [0.717, 1.165) is 20.9 Å². The molecule has 0 fully saturated rings. The zero-order valence-electron chi connectivity index (χ0n) is 9.34. The second-order valence-electron chi connectivity index (χ2n) is 3.63. The minimum atomic E-state index is -0.191. The van der Waals surface area contributed by atoms with Crippen molar-refractivity contribution in [1.82, 2.24) is 0 Å². The Hall–Kier alpha value is -1.13. The van der Waals surface area contributed by atoms with E-state index in [-0.39, 0.29) is 5.82 Å². The number of ether oxygens (including phenoxy) is 1. The minimum Gasteiger partial charge on any atom is -0.495 e. The Balaban J connectivity index is 2.76. The van der Waals surface area contributed by atoms with Gasteiger partial charge in [0.25, 0.3) is 0 Å². The lowest BCUT2D eigenvalue weighted by Crippen LogP contribution is -2.03. The SMILES string of the molecule is COc1ccc(F)c2c(CCN)c(C)sc12. The van der Waals surface area contributed by atoms with Gasteiger partial charge in [0.1, 0.15) is 11.6 Å². The summed E-state index contributed by atoms with van der Waals surface area (Å²) in [7, 11) is 1.60. The van der Waals surface area contributed by atoms with E-state index in [0.29, 0.717) is 18.4 Å². The molecule has 0 saturated heterocycles. The van der Waals surface area contributed by atoms with E-state index in [9.17, 15) is 4.39 Å². The largest absolute Gasteiger partial charge is 0.495 e. The lowest BCUT2D eigenvalue weighted by molar-refractivity contribution is 0.420. The van der Waals surface area contributed by atoms with Crippen LogP contribution in [-0.4, -0.2) is 13.7 Å². The minimum absolute atomic E-state index is 0.191. The normalized spacial score (nSPS) is 11.0. The number of aryl methyl sites for hydroxylation is 1. The molecule has 0 spiro atoms. The smallest absolute Gasteiger partial charge is 0.136 e. The van der Waals surface area contributed by atoms with Crippen LogP contribution in [0.2, 0.25) is 0 Å². The van der Waals surface area contributed by atoms with Crippen LogP contribution in [0, 0.1) is 12.7 Å². The second-order valence-corrected chi connectivity index (χ2v) is 4.85. The van der Waals surface area contributed by atoms with Crippen molar-refractivity contribution >= 4 is 21.4 Å². The van der Waals surface area contributed by atoms with E-state index in [2.05, 4.69) is 0 Å². The molecule has 0 amide bonds. The maximum absolute atomic E-state index is 13.8. The molecule has 0 saturated carbocycles. The zero-order chi connectivity index (χ0) is 11.7. The van der Waals surface area contributed by atoms with Crippen molar-refractivity contribution in [3.8, 4) is 5.75 Å². The van der Waals surface area contributed by atoms with Crippen LogP contribution in [0.5, 0.6) is 5.75 Å². The van der Waals surface area contributed by atoms with Crippen molar-refractivity contribution in [2.24, 2.45) is 5.73 Å². The molecule has 2 aromatic rings. The van der Waals surface area contributed by atoms with Gasteiger partial charge in [0.15, 0.2) is 0 Å². The molecule has 2 rings (SSSR count). The van der Waals surface area contributed by atoms with Gasteiger partial charge in [-0.15, -0.1) is 11.3 Å². The fraction of sp³-hybridized carbons (Fsp3) is 0.333. The van der Waals surface area contributed by atoms with Crippen molar-refractivity contribution in [2.45, 2.75) is 13.3 Å². The number of halogens is 1. The van der Waals surface area contributed by atoms with Gasteiger partial charge in [-0.2, -0.15) is 0 Å². The summed E-state index contributed by atoms with van der Waals surface area (Å²) in [5, 5.41) is 0.673. The second kappa shape index (κ2) is 4.39. The number of benzene rings is 1. The predicted molar refractivity (Wildman–Crippen MR) is 65.8 cm³/mol. The Labute approximate surface area is 97.8 Å². The van der Waals surface area contributed by atoms with Crippen molar-refractivity contribution in [3.63, 3.8) is 0 Å². The molecule has 0 aliphatic carbocycles. The molecule has 0 bridgehead atoms. The molecule has 86 valence electrons. The molecule has 1 aromatic heterocycles. The van der Waals surface area contributed by atoms with E-state index >= 15 is 0 Å². The highest BCUT2D eigenvalue weighted by Gasteiger charge is 2.15. The Bertz CT molecular complexity index is 521. The summed E-state index contributed by atoms with van der Waals surface area (Å²) < 4.78 is 19.9. The van der Waals surface area contributed by atoms with Gasteiger partial charge in [0, 0.05) is 10.3 Å². The standard InChI is InChI=1S/C12H14FNOS/c1-7-8(5-6-14)11-9(13)3-4-10(15-2)12(11)16-7/h3-4H,5-6,14H2,1-2H3. The summed E-state index contributed by atoms with van der Waals surface area (Å²) in [5.41, 5.74) is 6.56. The first kappa shape index (κ1) is 11.4. The molecule has 4 heteroatoms. The summed E-state index contributed by atoms with van der Waals surface area (Å²) in [6, 6.07) is 3.12. The Morgan fingerprint density at radius 3 is 2.81 bits per heavy atom. The first-order valence-electron chi connectivity index (χ1n) is 5.13. The topological polar surface area (TPSA) is 35.2 Å². The lowest BCUT2D eigenvalue weighted by Gasteiger charge is -2.03. The molecule has 1 aromatic carbocycles. The average Bonchev–Trinajstić information content (AvgIpc) is 2.58. The quantitative estimate of drug-likeness (QED) is 0.894. The third-order valence-corrected chi connectivity index (χ3v) is 3.83. The van der Waals surface area contributed by atoms with Crippen molar-refractivity contribution < 1.29 is 9.13 Å². The van der Waals surface area contributed by atoms with Gasteiger partial charge >= 0.3 is 0 Å². The van der Waals surface area contributed by atoms with Crippen LogP contribution in [0.3, 0.4) is 0 Å². The summed E-state index contributed by atoms with van der Waals surface area (Å²) >= 11 is 1.56. The number of thiophene rings is 1. The van der Waals surface area contributed by atoms with Gasteiger partial charge in [-0.1, -0.05) is 0 Å². The van der Waals surface area contributed by atoms with Crippen LogP contribution in [0.25, 0.3) is 10.1 Å². The number of hydrogen-bond acceptors (Lipinski definition) is 3. The molecule has 16 heavy (non-hydrogen) atoms. The fourth-order valence-electron chi connectivity index (χ4n) is 1.92. The van der Waals surface area contributed by atoms with Gasteiger partial charge in [0.2, 0.25) is 0 Å². The molecule has 2 nitrogen and oxygen atoms in total. The van der Waals surface area contributed by atoms with Crippen LogP contribution >= 0.6 is 11.3 Å². The van der Waals surface area contributed by atoms with Gasteiger partial charge in [-0.05, 0) is 37.6 Å². The summed E-state index contributed by atoms with van der Waals surface area (Å²) in [6.07, 6.45) is 0.704. The Morgan fingerprint density at radius 2 is 2.19 bits per heavy atom. The van der Waals surface area contributed by atoms with Crippen LogP contribution in [-0.2, 0) is 6.42 Å². The average molecular weight is 239 g/mol. The van der Waals surface area contributed by atoms with E-state index in [1.54, 1.807) is 24.5 Å². The van der Waals surface area contributed by atoms with Gasteiger partial charge < -0.3 is 10.5 Å². The number of nitrogens with two attached hydrogens (primary N) is 1. The Morgan fingerprint density at radius 1 is 1.44 bits per heavy atom. The molecular formula is C12H14FNOS. The zero-order valence-corrected chi connectivity index (χ0v) is 10.2. The highest BCUT2D eigenvalue weighted by atomic mass is 32.1. The molecule has 1 heterocycles. The van der Waals surface area contributed by atoms with E-state index in [4.69, 9.17) is 10.5 Å². The molecular weight excluding hydrogens is 225 g/mol. The fourth-order valence-corrected chi connectivity index (χ4v) is 3.13. The van der Waals surface area contributed by atoms with Crippen LogP contribution in [0.1, 0.15) is 10.4 Å². The monoisotopic (exact) mass is 239 g/mol. The van der Waals surface area contributed by atoms with Crippen molar-refractivity contribution in [2.75, 3.05) is 13.7 Å². The van der Waals surface area contributed by atoms with Gasteiger partial charge in [0.05, 0.1) is 11.8 Å². The summed E-state index contributed by atoms with van der Waals surface area (Å²) in [5.74, 6) is 0.538. The van der Waals surface area contributed by atoms with Crippen molar-refractivity contribution in [3.05, 3.63) is 28.4 Å². The lowest BCUT2D eigenvalue weighted by atomic mass is 10.1. The summed E-state index contributed by atoms with van der Waals surface area (Å²) in [4.78, 5) is 1.11. The van der Waals surface area contributed by atoms with Gasteiger partial charge in [-0.25, -0.2) is 4.39 Å². The van der Waals surface area contributed by atoms with E-state index in [1.807, 2.05) is 6.92 Å². The molecule has 2 N–H and O–H groups in total. The first-order chi connectivity index (χ1) is 7.69. The number of fused-ring (bicyclic) bond motifs is 1. The first-order valence-corrected chi connectivity index (χ1v) is 5.95. The van der Waals surface area contributed by atoms with Gasteiger partial charge in [-0.3, -0.25) is 0 Å². The number of rotatable bonds is 3.